The third-order valence-electron chi connectivity index (χ3n) is 3.08. The van der Waals surface area contributed by atoms with Gasteiger partial charge in [-0.2, -0.15) is 0 Å². The Kier molecular flexibility index (Phi) is 4.92. The molecule has 3 nitrogen and oxygen atoms in total. The lowest BCUT2D eigenvalue weighted by Gasteiger charge is -2.13. The topological polar surface area (TPSA) is 49.7 Å². The number of nitrogens with zero attached hydrogens (tertiary/aromatic N) is 1. The number of aryl methyl sites for hydroxylation is 2. The van der Waals surface area contributed by atoms with Crippen LogP contribution in [0.5, 0.6) is 5.75 Å². The zero-order chi connectivity index (χ0) is 12.8. The van der Waals surface area contributed by atoms with Crippen molar-refractivity contribution in [2.75, 3.05) is 0 Å². The van der Waals surface area contributed by atoms with Crippen LogP contribution in [-0.2, 0) is 17.8 Å². The summed E-state index contributed by atoms with van der Waals surface area (Å²) < 4.78 is 0. The molecule has 1 rings (SSSR count). The van der Waals surface area contributed by atoms with Crippen molar-refractivity contribution in [2.24, 2.45) is 4.99 Å². The van der Waals surface area contributed by atoms with Crippen molar-refractivity contribution in [3.8, 4) is 5.75 Å². The standard InChI is InChI=1S/C14H19NO2/c1-4-5-6-12-7-10(2)13(8-15-9-16)11(3)14(12)17/h7,17H,4-6,8H2,1-3H3. The van der Waals surface area contributed by atoms with E-state index < -0.39 is 0 Å². The minimum Gasteiger partial charge on any atom is -0.507 e. The zero-order valence-electron chi connectivity index (χ0n) is 10.7. The minimum atomic E-state index is 0.294. The number of isocyanates is 1. The highest BCUT2D eigenvalue weighted by Gasteiger charge is 2.11. The average molecular weight is 233 g/mol. The Labute approximate surface area is 102 Å². The molecule has 17 heavy (non-hydrogen) atoms. The van der Waals surface area contributed by atoms with Gasteiger partial charge in [0, 0.05) is 0 Å². The van der Waals surface area contributed by atoms with Gasteiger partial charge in [-0.1, -0.05) is 19.4 Å². The van der Waals surface area contributed by atoms with Gasteiger partial charge in [0.2, 0.25) is 6.08 Å². The Morgan fingerprint density at radius 3 is 2.71 bits per heavy atom. The van der Waals surface area contributed by atoms with Crippen LogP contribution in [0.15, 0.2) is 11.1 Å². The van der Waals surface area contributed by atoms with Gasteiger partial charge in [0.1, 0.15) is 5.75 Å². The SMILES string of the molecule is CCCCc1cc(C)c(CN=C=O)c(C)c1O. The highest BCUT2D eigenvalue weighted by molar-refractivity contribution is 5.49. The summed E-state index contributed by atoms with van der Waals surface area (Å²) in [6, 6.07) is 1.99. The summed E-state index contributed by atoms with van der Waals surface area (Å²) in [5.41, 5.74) is 3.81. The lowest BCUT2D eigenvalue weighted by atomic mass is 9.95. The summed E-state index contributed by atoms with van der Waals surface area (Å²) in [5, 5.41) is 10.1. The van der Waals surface area contributed by atoms with Gasteiger partial charge < -0.3 is 5.11 Å². The summed E-state index contributed by atoms with van der Waals surface area (Å²) in [7, 11) is 0. The van der Waals surface area contributed by atoms with Gasteiger partial charge in [0.25, 0.3) is 0 Å². The molecule has 0 atom stereocenters. The number of aromatic hydroxyl groups is 1. The van der Waals surface area contributed by atoms with Crippen molar-refractivity contribution >= 4 is 6.08 Å². The van der Waals surface area contributed by atoms with E-state index in [1.54, 1.807) is 0 Å². The van der Waals surface area contributed by atoms with E-state index in [0.29, 0.717) is 12.3 Å². The molecule has 0 bridgehead atoms. The van der Waals surface area contributed by atoms with Crippen LogP contribution < -0.4 is 0 Å². The number of rotatable bonds is 5. The molecule has 0 saturated carbocycles. The van der Waals surface area contributed by atoms with E-state index in [1.165, 1.54) is 6.08 Å². The maximum atomic E-state index is 10.1. The highest BCUT2D eigenvalue weighted by atomic mass is 16.3. The van der Waals surface area contributed by atoms with Gasteiger partial charge in [-0.05, 0) is 48.9 Å². The van der Waals surface area contributed by atoms with Crippen LogP contribution in [0.2, 0.25) is 0 Å². The van der Waals surface area contributed by atoms with Crippen LogP contribution in [-0.4, -0.2) is 11.2 Å². The second-order valence-corrected chi connectivity index (χ2v) is 4.32. The Hall–Kier alpha value is -1.60. The third-order valence-corrected chi connectivity index (χ3v) is 3.08. The van der Waals surface area contributed by atoms with Crippen LogP contribution >= 0.6 is 0 Å². The van der Waals surface area contributed by atoms with E-state index in [-0.39, 0.29) is 0 Å². The Balaban J connectivity index is 3.11. The smallest absolute Gasteiger partial charge is 0.235 e. The maximum absolute atomic E-state index is 10.1. The lowest BCUT2D eigenvalue weighted by Crippen LogP contribution is -1.97. The molecule has 0 amide bonds. The van der Waals surface area contributed by atoms with Crippen molar-refractivity contribution in [3.05, 3.63) is 28.3 Å². The van der Waals surface area contributed by atoms with E-state index in [2.05, 4.69) is 11.9 Å². The molecule has 0 spiro atoms. The Morgan fingerprint density at radius 2 is 2.12 bits per heavy atom. The second kappa shape index (κ2) is 6.21. The molecule has 1 N–H and O–H groups in total. The van der Waals surface area contributed by atoms with Crippen molar-refractivity contribution in [1.82, 2.24) is 0 Å². The average Bonchev–Trinajstić information content (AvgIpc) is 2.32. The zero-order valence-corrected chi connectivity index (χ0v) is 10.7. The second-order valence-electron chi connectivity index (χ2n) is 4.32. The van der Waals surface area contributed by atoms with Gasteiger partial charge in [-0.15, -0.1) is 0 Å². The van der Waals surface area contributed by atoms with Crippen LogP contribution in [0, 0.1) is 13.8 Å². The van der Waals surface area contributed by atoms with E-state index in [0.717, 1.165) is 41.5 Å². The number of carbonyl (C=O) groups excluding carboxylic acids is 1. The van der Waals surface area contributed by atoms with Gasteiger partial charge in [-0.25, -0.2) is 9.79 Å². The molecule has 92 valence electrons. The molecule has 0 unspecified atom stereocenters. The molecule has 0 aliphatic carbocycles. The number of hydrogen-bond donors (Lipinski definition) is 1. The molecule has 1 aromatic carbocycles. The van der Waals surface area contributed by atoms with Gasteiger partial charge in [0.05, 0.1) is 6.54 Å². The fraction of sp³-hybridized carbons (Fsp3) is 0.500. The van der Waals surface area contributed by atoms with E-state index in [1.807, 2.05) is 19.9 Å². The van der Waals surface area contributed by atoms with Gasteiger partial charge in [-0.3, -0.25) is 0 Å². The molecule has 0 radical (unpaired) electrons. The highest BCUT2D eigenvalue weighted by Crippen LogP contribution is 2.29. The summed E-state index contributed by atoms with van der Waals surface area (Å²) in [6.07, 6.45) is 4.60. The molecule has 0 fully saturated rings. The molecule has 0 saturated heterocycles. The molecule has 3 heteroatoms. The quantitative estimate of drug-likeness (QED) is 0.627. The summed E-state index contributed by atoms with van der Waals surface area (Å²) in [4.78, 5) is 13.7. The summed E-state index contributed by atoms with van der Waals surface area (Å²) in [5.74, 6) is 0.347. The van der Waals surface area contributed by atoms with E-state index in [4.69, 9.17) is 0 Å². The summed E-state index contributed by atoms with van der Waals surface area (Å²) in [6.45, 7) is 6.28. The van der Waals surface area contributed by atoms with Gasteiger partial charge in [0.15, 0.2) is 0 Å². The number of phenolic OH excluding ortho intramolecular Hbond substituents is 1. The van der Waals surface area contributed by atoms with Crippen molar-refractivity contribution in [1.29, 1.82) is 0 Å². The number of aliphatic imine (C=N–C) groups is 1. The number of benzene rings is 1. The lowest BCUT2D eigenvalue weighted by molar-refractivity contribution is 0.461. The predicted octanol–water partition coefficient (Wildman–Crippen LogP) is 3.19. The third kappa shape index (κ3) is 3.18. The fourth-order valence-electron chi connectivity index (χ4n) is 2.01. The maximum Gasteiger partial charge on any atom is 0.235 e. The molecule has 0 aliphatic heterocycles. The monoisotopic (exact) mass is 233 g/mol. The van der Waals surface area contributed by atoms with Gasteiger partial charge >= 0.3 is 0 Å². The van der Waals surface area contributed by atoms with Crippen molar-refractivity contribution in [2.45, 2.75) is 46.6 Å². The molecule has 0 aliphatic rings. The van der Waals surface area contributed by atoms with Crippen LogP contribution in [0.3, 0.4) is 0 Å². The largest absolute Gasteiger partial charge is 0.507 e. The first kappa shape index (κ1) is 13.5. The Morgan fingerprint density at radius 1 is 1.41 bits per heavy atom. The normalized spacial score (nSPS) is 10.1. The first-order valence-electron chi connectivity index (χ1n) is 5.96. The van der Waals surface area contributed by atoms with Crippen molar-refractivity contribution in [3.63, 3.8) is 0 Å². The number of unbranched alkanes of at least 4 members (excludes halogenated alkanes) is 1. The van der Waals surface area contributed by atoms with E-state index >= 15 is 0 Å². The van der Waals surface area contributed by atoms with Crippen LogP contribution in [0.25, 0.3) is 0 Å². The molecule has 1 aromatic rings. The van der Waals surface area contributed by atoms with Crippen LogP contribution in [0.1, 0.15) is 42.0 Å². The first-order valence-corrected chi connectivity index (χ1v) is 5.96. The predicted molar refractivity (Wildman–Crippen MR) is 68.0 cm³/mol. The minimum absolute atomic E-state index is 0.294. The van der Waals surface area contributed by atoms with Crippen LogP contribution in [0.4, 0.5) is 0 Å². The van der Waals surface area contributed by atoms with Crippen molar-refractivity contribution < 1.29 is 9.90 Å². The Bertz CT molecular complexity index is 446. The molecule has 0 heterocycles. The summed E-state index contributed by atoms with van der Waals surface area (Å²) >= 11 is 0. The number of phenols is 1. The molecule has 0 aromatic heterocycles. The molecular formula is C14H19NO2. The first-order chi connectivity index (χ1) is 8.11. The van der Waals surface area contributed by atoms with E-state index in [9.17, 15) is 9.90 Å². The fourth-order valence-corrected chi connectivity index (χ4v) is 2.01. The number of hydrogen-bond acceptors (Lipinski definition) is 3. The molecular weight excluding hydrogens is 214 g/mol.